The lowest BCUT2D eigenvalue weighted by molar-refractivity contribution is -0.354. The fourth-order valence-corrected chi connectivity index (χ4v) is 4.84. The van der Waals surface area contributed by atoms with E-state index in [1.807, 2.05) is 0 Å². The molecule has 10 atom stereocenters. The number of ether oxygens (including phenoxy) is 4. The lowest BCUT2D eigenvalue weighted by Gasteiger charge is -2.45. The van der Waals surface area contributed by atoms with Crippen molar-refractivity contribution in [2.75, 3.05) is 6.61 Å². The van der Waals surface area contributed by atoms with Crippen molar-refractivity contribution in [2.24, 2.45) is 0 Å². The summed E-state index contributed by atoms with van der Waals surface area (Å²) in [7, 11) is 0. The van der Waals surface area contributed by atoms with Crippen molar-refractivity contribution in [3.05, 3.63) is 46.6 Å². The molecule has 2 aliphatic heterocycles. The Morgan fingerprint density at radius 3 is 2.21 bits per heavy atom. The lowest BCUT2D eigenvalue weighted by Crippen LogP contribution is -2.64. The SMILES string of the molecule is C[C@@H]1O[C@@H](O[C@H]2C(Oc3cc(O)c4c(=O)cc(-c5ccc(O)c(O)c5)oc4c3)O[C@H](CO)[C@@H](O)[C@@H]2O)[C@H](O)[C@H](O)[C@H]1O. The second-order valence-corrected chi connectivity index (χ2v) is 10.1. The fourth-order valence-electron chi connectivity index (χ4n) is 4.84. The van der Waals surface area contributed by atoms with Crippen LogP contribution in [0, 0.1) is 0 Å². The Labute approximate surface area is 236 Å². The van der Waals surface area contributed by atoms with Crippen LogP contribution >= 0.6 is 0 Å². The number of phenolic OH excluding ortho intramolecular Hbond substituents is 3. The van der Waals surface area contributed by atoms with Crippen LogP contribution in [-0.2, 0) is 14.2 Å². The van der Waals surface area contributed by atoms with Gasteiger partial charge >= 0.3 is 0 Å². The molecule has 15 heteroatoms. The van der Waals surface area contributed by atoms with Gasteiger partial charge < -0.3 is 69.3 Å². The van der Waals surface area contributed by atoms with Crippen LogP contribution in [0.2, 0.25) is 0 Å². The number of aliphatic hydroxyl groups excluding tert-OH is 6. The predicted molar refractivity (Wildman–Crippen MR) is 139 cm³/mol. The number of phenols is 3. The van der Waals surface area contributed by atoms with Gasteiger partial charge in [0.15, 0.2) is 29.3 Å². The number of fused-ring (bicyclic) bond motifs is 1. The van der Waals surface area contributed by atoms with Crippen LogP contribution in [0.1, 0.15) is 6.92 Å². The minimum Gasteiger partial charge on any atom is -0.507 e. The first-order chi connectivity index (χ1) is 19.9. The minimum absolute atomic E-state index is 0.0216. The second kappa shape index (κ2) is 11.6. The average Bonchev–Trinajstić information content (AvgIpc) is 2.95. The third-order valence-corrected chi connectivity index (χ3v) is 7.22. The van der Waals surface area contributed by atoms with Crippen molar-refractivity contribution in [3.63, 3.8) is 0 Å². The third-order valence-electron chi connectivity index (χ3n) is 7.22. The molecule has 15 nitrogen and oxygen atoms in total. The van der Waals surface area contributed by atoms with Gasteiger partial charge in [-0.25, -0.2) is 0 Å². The summed E-state index contributed by atoms with van der Waals surface area (Å²) in [6, 6.07) is 7.08. The maximum absolute atomic E-state index is 12.8. The Balaban J connectivity index is 1.48. The molecule has 2 fully saturated rings. The topological polar surface area (TPSA) is 249 Å². The lowest BCUT2D eigenvalue weighted by atomic mass is 9.97. The summed E-state index contributed by atoms with van der Waals surface area (Å²) in [4.78, 5) is 12.8. The molecule has 0 saturated carbocycles. The molecule has 42 heavy (non-hydrogen) atoms. The van der Waals surface area contributed by atoms with Crippen molar-refractivity contribution in [2.45, 2.75) is 68.3 Å². The number of benzene rings is 2. The van der Waals surface area contributed by atoms with E-state index in [-0.39, 0.29) is 33.8 Å². The van der Waals surface area contributed by atoms with Crippen LogP contribution in [0.25, 0.3) is 22.3 Å². The number of aliphatic hydroxyl groups is 6. The van der Waals surface area contributed by atoms with Gasteiger partial charge in [-0.1, -0.05) is 0 Å². The molecule has 0 amide bonds. The molecule has 2 aliphatic rings. The predicted octanol–water partition coefficient (Wildman–Crippen LogP) is -1.39. The third kappa shape index (κ3) is 5.49. The fraction of sp³-hybridized carbons (Fsp3) is 0.444. The summed E-state index contributed by atoms with van der Waals surface area (Å²) in [5, 5.41) is 91.2. The largest absolute Gasteiger partial charge is 0.507 e. The highest BCUT2D eigenvalue weighted by atomic mass is 16.8. The molecule has 1 unspecified atom stereocenters. The van der Waals surface area contributed by atoms with E-state index in [1.165, 1.54) is 25.1 Å². The van der Waals surface area contributed by atoms with E-state index in [4.69, 9.17) is 23.4 Å². The molecule has 0 aliphatic carbocycles. The summed E-state index contributed by atoms with van der Waals surface area (Å²) < 4.78 is 28.3. The molecule has 9 N–H and O–H groups in total. The molecule has 2 aromatic carbocycles. The van der Waals surface area contributed by atoms with Gasteiger partial charge in [-0.15, -0.1) is 0 Å². The monoisotopic (exact) mass is 594 g/mol. The van der Waals surface area contributed by atoms with E-state index in [0.717, 1.165) is 18.2 Å². The summed E-state index contributed by atoms with van der Waals surface area (Å²) in [6.45, 7) is 0.671. The van der Waals surface area contributed by atoms with Gasteiger partial charge in [-0.05, 0) is 25.1 Å². The first-order valence-corrected chi connectivity index (χ1v) is 12.9. The maximum Gasteiger partial charge on any atom is 0.229 e. The van der Waals surface area contributed by atoms with Crippen molar-refractivity contribution in [3.8, 4) is 34.3 Å². The zero-order valence-electron chi connectivity index (χ0n) is 21.9. The maximum atomic E-state index is 12.8. The van der Waals surface area contributed by atoms with E-state index in [2.05, 4.69) is 0 Å². The number of hydrogen-bond acceptors (Lipinski definition) is 15. The van der Waals surface area contributed by atoms with Crippen LogP contribution in [0.4, 0.5) is 0 Å². The van der Waals surface area contributed by atoms with Gasteiger partial charge in [0.2, 0.25) is 6.29 Å². The van der Waals surface area contributed by atoms with Crippen LogP contribution in [0.5, 0.6) is 23.0 Å². The summed E-state index contributed by atoms with van der Waals surface area (Å²) >= 11 is 0. The molecule has 3 heterocycles. The summed E-state index contributed by atoms with van der Waals surface area (Å²) in [5.41, 5.74) is -0.575. The van der Waals surface area contributed by atoms with Crippen molar-refractivity contribution >= 4 is 11.0 Å². The molecule has 0 bridgehead atoms. The molecule has 0 radical (unpaired) electrons. The van der Waals surface area contributed by atoms with Gasteiger partial charge in [-0.2, -0.15) is 0 Å². The molecular weight excluding hydrogens is 564 g/mol. The molecule has 228 valence electrons. The zero-order chi connectivity index (χ0) is 30.5. The standard InChI is InChI=1S/C27H30O15/c1-9-20(33)22(35)24(37)26(38-9)42-25-23(36)21(34)18(8-28)41-27(25)39-11-5-14(31)19-15(32)7-16(40-17(19)6-11)10-2-3-12(29)13(30)4-10/h2-7,9,18,20-31,33-37H,8H2,1H3/t9-,18+,20-,21+,22+,23-,24+,25+,26-,27?/m0/s1. The Morgan fingerprint density at radius 1 is 0.786 bits per heavy atom. The smallest absolute Gasteiger partial charge is 0.229 e. The van der Waals surface area contributed by atoms with Crippen molar-refractivity contribution < 1.29 is 69.3 Å². The number of hydrogen-bond donors (Lipinski definition) is 9. The molecule has 3 aromatic rings. The average molecular weight is 595 g/mol. The quantitative estimate of drug-likeness (QED) is 0.149. The highest BCUT2D eigenvalue weighted by molar-refractivity contribution is 5.86. The second-order valence-electron chi connectivity index (χ2n) is 10.1. The highest BCUT2D eigenvalue weighted by Gasteiger charge is 2.50. The van der Waals surface area contributed by atoms with E-state index in [9.17, 15) is 50.8 Å². The Hall–Kier alpha value is -3.51. The van der Waals surface area contributed by atoms with Crippen LogP contribution in [0.3, 0.4) is 0 Å². The number of aromatic hydroxyl groups is 3. The van der Waals surface area contributed by atoms with Gasteiger partial charge in [0.25, 0.3) is 0 Å². The van der Waals surface area contributed by atoms with E-state index >= 15 is 0 Å². The molecule has 0 spiro atoms. The highest BCUT2D eigenvalue weighted by Crippen LogP contribution is 2.36. The van der Waals surface area contributed by atoms with Crippen LogP contribution < -0.4 is 10.2 Å². The molecule has 1 aromatic heterocycles. The molecular formula is C27H30O15. The van der Waals surface area contributed by atoms with Gasteiger partial charge in [0, 0.05) is 23.8 Å². The molecule has 5 rings (SSSR count). The van der Waals surface area contributed by atoms with E-state index in [1.54, 1.807) is 0 Å². The molecule has 2 saturated heterocycles. The van der Waals surface area contributed by atoms with Crippen LogP contribution in [0.15, 0.2) is 45.6 Å². The first-order valence-electron chi connectivity index (χ1n) is 12.9. The Kier molecular flexibility index (Phi) is 8.30. The summed E-state index contributed by atoms with van der Waals surface area (Å²) in [5.74, 6) is -1.60. The van der Waals surface area contributed by atoms with E-state index < -0.39 is 84.9 Å². The summed E-state index contributed by atoms with van der Waals surface area (Å²) in [6.07, 6.45) is -15.5. The van der Waals surface area contributed by atoms with Crippen molar-refractivity contribution in [1.29, 1.82) is 0 Å². The zero-order valence-corrected chi connectivity index (χ0v) is 21.9. The van der Waals surface area contributed by atoms with Gasteiger partial charge in [0.1, 0.15) is 64.9 Å². The Morgan fingerprint density at radius 2 is 1.52 bits per heavy atom. The Bertz CT molecular complexity index is 1490. The van der Waals surface area contributed by atoms with E-state index in [0.29, 0.717) is 0 Å². The minimum atomic E-state index is -1.78. The first kappa shape index (κ1) is 30.0. The normalized spacial score (nSPS) is 33.5. The van der Waals surface area contributed by atoms with Crippen LogP contribution in [-0.4, -0.2) is 114 Å². The number of rotatable bonds is 6. The van der Waals surface area contributed by atoms with Gasteiger partial charge in [-0.3, -0.25) is 4.79 Å². The van der Waals surface area contributed by atoms with Crippen molar-refractivity contribution in [1.82, 2.24) is 0 Å². The van der Waals surface area contributed by atoms with Gasteiger partial charge in [0.05, 0.1) is 12.7 Å².